The fourth-order valence-corrected chi connectivity index (χ4v) is 18.5. The van der Waals surface area contributed by atoms with E-state index in [-0.39, 0.29) is 10.7 Å². The Morgan fingerprint density at radius 3 is 0.952 bits per heavy atom. The summed E-state index contributed by atoms with van der Waals surface area (Å²) in [6.45, 7) is 0. The van der Waals surface area contributed by atoms with Crippen LogP contribution in [0.2, 0.25) is 5.28 Å². The van der Waals surface area contributed by atoms with Gasteiger partial charge in [0.15, 0.2) is 23.3 Å². The third kappa shape index (κ3) is 8.50. The Hall–Kier alpha value is -8.13. The van der Waals surface area contributed by atoms with Crippen molar-refractivity contribution in [2.75, 3.05) is 4.90 Å². The van der Waals surface area contributed by atoms with E-state index in [2.05, 4.69) is 141 Å². The van der Waals surface area contributed by atoms with Crippen molar-refractivity contribution in [2.24, 2.45) is 47.3 Å². The molecule has 0 atom stereocenters. The topological polar surface area (TPSA) is 80.6 Å². The zero-order valence-electron chi connectivity index (χ0n) is 46.7. The Morgan fingerprint density at radius 1 is 0.301 bits per heavy atom. The molecule has 1 aliphatic heterocycles. The van der Waals surface area contributed by atoms with Crippen LogP contribution < -0.4 is 4.90 Å². The van der Waals surface area contributed by atoms with Gasteiger partial charge in [0.2, 0.25) is 11.2 Å². The number of benzene rings is 8. The summed E-state index contributed by atoms with van der Waals surface area (Å²) in [4.78, 5) is 30.5. The summed E-state index contributed by atoms with van der Waals surface area (Å²) in [7, 11) is 0. The monoisotopic (exact) mass is 1100 g/mol. The minimum Gasteiger partial charge on any atom is -0.278 e. The zero-order valence-corrected chi connectivity index (χ0v) is 47.4. The average Bonchev–Trinajstić information content (AvgIpc) is 1.26. The molecule has 7 nitrogen and oxygen atoms in total. The Morgan fingerprint density at radius 2 is 0.590 bits per heavy atom. The molecule has 8 saturated carbocycles. The first kappa shape index (κ1) is 50.6. The maximum Gasteiger partial charge on any atom is 0.238 e. The molecule has 8 aromatic carbocycles. The first-order valence-electron chi connectivity index (χ1n) is 30.5. The van der Waals surface area contributed by atoms with Gasteiger partial charge in [0.25, 0.3) is 0 Å². The van der Waals surface area contributed by atoms with Gasteiger partial charge in [0.1, 0.15) is 0 Å². The molecule has 408 valence electrons. The fourth-order valence-electron chi connectivity index (χ4n) is 18.3. The molecule has 2 aromatic heterocycles. The van der Waals surface area contributed by atoms with Crippen molar-refractivity contribution in [1.29, 1.82) is 0 Å². The fraction of sp³-hybridized carbons (Fsp3) is 0.280. The van der Waals surface area contributed by atoms with Crippen LogP contribution in [0.5, 0.6) is 0 Å². The van der Waals surface area contributed by atoms with Crippen molar-refractivity contribution >= 4 is 28.9 Å². The van der Waals surface area contributed by atoms with Gasteiger partial charge >= 0.3 is 0 Å². The summed E-state index contributed by atoms with van der Waals surface area (Å²) in [5.74, 6) is 10.3. The second-order valence-electron chi connectivity index (χ2n) is 25.2. The lowest BCUT2D eigenvalue weighted by Crippen LogP contribution is -2.57. The van der Waals surface area contributed by atoms with Gasteiger partial charge in [-0.2, -0.15) is 19.9 Å². The molecule has 8 heteroatoms. The number of halogens is 1. The van der Waals surface area contributed by atoms with Crippen LogP contribution in [-0.4, -0.2) is 29.9 Å². The normalized spacial score (nSPS) is 24.3. The van der Waals surface area contributed by atoms with Crippen LogP contribution in [0.4, 0.5) is 17.3 Å². The average molecular weight is 1100 g/mol. The van der Waals surface area contributed by atoms with Gasteiger partial charge < -0.3 is 0 Å². The van der Waals surface area contributed by atoms with E-state index in [1.165, 1.54) is 86.7 Å². The number of hydrogen-bond donors (Lipinski definition) is 0. The van der Waals surface area contributed by atoms with Crippen molar-refractivity contribution in [3.8, 4) is 45.6 Å². The summed E-state index contributed by atoms with van der Waals surface area (Å²) < 4.78 is 0. The predicted octanol–water partition coefficient (Wildman–Crippen LogP) is 17.9. The summed E-state index contributed by atoms with van der Waals surface area (Å²) >= 11 is 5.99. The largest absolute Gasteiger partial charge is 0.278 e. The second kappa shape index (κ2) is 20.6. The summed E-state index contributed by atoms with van der Waals surface area (Å²) in [5, 5.41) is 0.202. The molecule has 2 spiro atoms. The van der Waals surface area contributed by atoms with Gasteiger partial charge in [-0.05, 0) is 175 Å². The number of anilines is 3. The predicted molar refractivity (Wildman–Crippen MR) is 332 cm³/mol. The Bertz CT molecular complexity index is 3750. The molecule has 83 heavy (non-hydrogen) atoms. The Labute approximate surface area is 492 Å². The van der Waals surface area contributed by atoms with Crippen LogP contribution in [0.3, 0.4) is 0 Å². The molecule has 0 radical (unpaired) electrons. The Kier molecular flexibility index (Phi) is 12.6. The summed E-state index contributed by atoms with van der Waals surface area (Å²) in [6, 6.07) is 77.1. The molecular formula is C75H66ClN7. The molecule has 8 bridgehead atoms. The highest BCUT2D eigenvalue weighted by Gasteiger charge is 2.62. The molecule has 8 fully saturated rings. The highest BCUT2D eigenvalue weighted by atomic mass is 35.5. The lowest BCUT2D eigenvalue weighted by molar-refractivity contribution is -0.0433. The SMILES string of the molecule is Clc1nc(-c2ccccc2)nc(-c2ccccc2)n1.c1ccc(-c2nc(-c3ccccc3)nc(N3c4ccccc4C4(c5ccccc53)C3CC5CC(C3)CC4C5)n2)cc1.c1ccc2c(c1)Cc1ccccc1C21C2CC3CC(C2)CC1C3. The first-order chi connectivity index (χ1) is 41.0. The third-order valence-electron chi connectivity index (χ3n) is 20.9. The maximum absolute atomic E-state index is 5.99. The van der Waals surface area contributed by atoms with Crippen molar-refractivity contribution in [3.05, 3.63) is 257 Å². The van der Waals surface area contributed by atoms with Crippen LogP contribution in [0.15, 0.2) is 218 Å². The first-order valence-corrected chi connectivity index (χ1v) is 30.9. The highest BCUT2D eigenvalue weighted by Crippen LogP contribution is 2.70. The van der Waals surface area contributed by atoms with E-state index in [1.54, 1.807) is 22.3 Å². The number of para-hydroxylation sites is 2. The smallest absolute Gasteiger partial charge is 0.238 e. The van der Waals surface area contributed by atoms with Crippen molar-refractivity contribution in [2.45, 2.75) is 81.5 Å². The molecule has 0 amide bonds. The zero-order chi connectivity index (χ0) is 55.1. The number of aromatic nitrogens is 6. The molecule has 20 rings (SSSR count). The molecule has 0 N–H and O–H groups in total. The van der Waals surface area contributed by atoms with Gasteiger partial charge in [-0.25, -0.2) is 9.97 Å². The van der Waals surface area contributed by atoms with Gasteiger partial charge in [0, 0.05) is 33.1 Å². The van der Waals surface area contributed by atoms with Gasteiger partial charge in [-0.1, -0.05) is 206 Å². The Balaban J connectivity index is 0.000000113. The van der Waals surface area contributed by atoms with Crippen molar-refractivity contribution in [1.82, 2.24) is 29.9 Å². The van der Waals surface area contributed by atoms with Gasteiger partial charge in [0.05, 0.1) is 11.4 Å². The minimum absolute atomic E-state index is 0.0641. The number of rotatable bonds is 5. The van der Waals surface area contributed by atoms with Crippen molar-refractivity contribution in [3.63, 3.8) is 0 Å². The van der Waals surface area contributed by atoms with E-state index in [4.69, 9.17) is 26.6 Å². The van der Waals surface area contributed by atoms with Crippen LogP contribution in [0, 0.1) is 47.3 Å². The van der Waals surface area contributed by atoms with E-state index in [0.717, 1.165) is 64.2 Å². The quantitative estimate of drug-likeness (QED) is 0.170. The number of fused-ring (bicyclic) bond motifs is 4. The second-order valence-corrected chi connectivity index (χ2v) is 25.5. The van der Waals surface area contributed by atoms with E-state index in [0.29, 0.717) is 46.5 Å². The maximum atomic E-state index is 5.99. The number of nitrogens with zero attached hydrogens (tertiary/aromatic N) is 7. The standard InChI is InChI=1S/C37H32N4.C23H24.C15H10ClN3/c1-3-11-26(12-4-1)34-38-35(27-13-5-2-6-14-27)40-36(39-34)41-32-17-9-7-15-30(32)37(31-16-8-10-18-33(31)41)28-20-24-19-25(22-28)23-29(37)21-24;1-3-7-21-17(5-1)14-18-6-2-4-8-22(18)23(21)19-10-15-9-16(12-19)13-20(23)11-15;16-15-18-13(11-7-3-1-4-8-11)17-14(19-15)12-9-5-2-6-10-12/h1-18,24-25,28-29H,19-23H2;1-8,15-16,19-20H,9-14H2;1-10H. The molecule has 3 heterocycles. The lowest BCUT2D eigenvalue weighted by Gasteiger charge is -2.64. The summed E-state index contributed by atoms with van der Waals surface area (Å²) in [6.07, 6.45) is 15.5. The van der Waals surface area contributed by atoms with Gasteiger partial charge in [-0.3, -0.25) is 4.90 Å². The molecule has 0 saturated heterocycles. The van der Waals surface area contributed by atoms with Crippen LogP contribution in [0.25, 0.3) is 45.6 Å². The van der Waals surface area contributed by atoms with E-state index in [1.807, 2.05) is 97.1 Å². The third-order valence-corrected chi connectivity index (χ3v) is 21.1. The van der Waals surface area contributed by atoms with Crippen LogP contribution in [-0.2, 0) is 17.3 Å². The van der Waals surface area contributed by atoms with Crippen LogP contribution in [0.1, 0.15) is 97.6 Å². The van der Waals surface area contributed by atoms with E-state index >= 15 is 0 Å². The molecule has 0 unspecified atom stereocenters. The molecule has 10 aliphatic rings. The minimum atomic E-state index is 0.0641. The van der Waals surface area contributed by atoms with Crippen LogP contribution >= 0.6 is 11.6 Å². The van der Waals surface area contributed by atoms with E-state index < -0.39 is 0 Å². The summed E-state index contributed by atoms with van der Waals surface area (Å²) in [5.41, 5.74) is 16.2. The lowest BCUT2D eigenvalue weighted by atomic mass is 9.40. The van der Waals surface area contributed by atoms with E-state index in [9.17, 15) is 0 Å². The van der Waals surface area contributed by atoms with Crippen molar-refractivity contribution < 1.29 is 0 Å². The molecular weight excluding hydrogens is 1030 g/mol. The highest BCUT2D eigenvalue weighted by molar-refractivity contribution is 6.28. The molecule has 9 aliphatic carbocycles. The molecule has 10 aromatic rings. The van der Waals surface area contributed by atoms with Gasteiger partial charge in [-0.15, -0.1) is 0 Å². The number of hydrogen-bond acceptors (Lipinski definition) is 7.